The lowest BCUT2D eigenvalue weighted by atomic mass is 9.92. The van der Waals surface area contributed by atoms with Crippen molar-refractivity contribution in [2.75, 3.05) is 17.6 Å². The maximum Gasteiger partial charge on any atom is 0.244 e. The smallest absolute Gasteiger partial charge is 0.244 e. The number of H-pyrrole nitrogens is 1. The molecular formula is C16H28N4O3S. The second-order valence-electron chi connectivity index (χ2n) is 7.34. The minimum absolute atomic E-state index is 0.0767. The van der Waals surface area contributed by atoms with Crippen LogP contribution in [0, 0.1) is 0 Å². The van der Waals surface area contributed by atoms with Gasteiger partial charge in [-0.15, -0.1) is 0 Å². The first-order valence-electron chi connectivity index (χ1n) is 8.51. The number of nitrogens with one attached hydrogen (secondary N) is 2. The van der Waals surface area contributed by atoms with Gasteiger partial charge in [-0.05, 0) is 19.3 Å². The van der Waals surface area contributed by atoms with E-state index in [0.29, 0.717) is 25.2 Å². The van der Waals surface area contributed by atoms with E-state index < -0.39 is 16.1 Å². The monoisotopic (exact) mass is 356 g/mol. The summed E-state index contributed by atoms with van der Waals surface area (Å²) in [6.07, 6.45) is 2.74. The Bertz CT molecular complexity index is 676. The van der Waals surface area contributed by atoms with Crippen LogP contribution in [0.3, 0.4) is 0 Å². The number of piperidine rings is 1. The van der Waals surface area contributed by atoms with Gasteiger partial charge in [0, 0.05) is 23.7 Å². The van der Waals surface area contributed by atoms with Crippen LogP contribution in [-0.2, 0) is 20.2 Å². The lowest BCUT2D eigenvalue weighted by molar-refractivity contribution is -0.120. The topological polar surface area (TPSA) is 95.2 Å². The number of rotatable bonds is 5. The number of aromatic amines is 1. The molecule has 0 aromatic carbocycles. The first-order chi connectivity index (χ1) is 11.1. The van der Waals surface area contributed by atoms with Gasteiger partial charge in [0.1, 0.15) is 6.04 Å². The molecule has 1 saturated heterocycles. The number of hydrogen-bond acceptors (Lipinski definition) is 4. The molecule has 1 unspecified atom stereocenters. The highest BCUT2D eigenvalue weighted by atomic mass is 32.2. The van der Waals surface area contributed by atoms with Gasteiger partial charge in [-0.25, -0.2) is 8.42 Å². The van der Waals surface area contributed by atoms with Gasteiger partial charge in [-0.3, -0.25) is 9.89 Å². The van der Waals surface area contributed by atoms with E-state index in [9.17, 15) is 13.2 Å². The molecule has 1 aliphatic heterocycles. The molecule has 1 amide bonds. The first kappa shape index (κ1) is 18.9. The number of carbonyl (C=O) groups excluding carboxylic acids is 1. The van der Waals surface area contributed by atoms with Crippen LogP contribution in [0.25, 0.3) is 0 Å². The van der Waals surface area contributed by atoms with E-state index in [1.807, 2.05) is 27.7 Å². The van der Waals surface area contributed by atoms with Crippen molar-refractivity contribution in [1.29, 1.82) is 0 Å². The predicted octanol–water partition coefficient (Wildman–Crippen LogP) is 2.24. The average Bonchev–Trinajstić information content (AvgIpc) is 2.96. The summed E-state index contributed by atoms with van der Waals surface area (Å²) in [4.78, 5) is 12.6. The largest absolute Gasteiger partial charge is 0.308 e. The number of sulfonamides is 1. The SMILES string of the molecule is CCCS(=O)(=O)N1CCCCC1C(=O)Nc1cc(C(C)(C)C)[nH]n1. The molecule has 1 fully saturated rings. The zero-order chi connectivity index (χ0) is 18.0. The predicted molar refractivity (Wildman–Crippen MR) is 94.3 cm³/mol. The van der Waals surface area contributed by atoms with Crippen molar-refractivity contribution in [3.8, 4) is 0 Å². The third-order valence-electron chi connectivity index (χ3n) is 4.21. The molecule has 2 heterocycles. The minimum atomic E-state index is -3.39. The third kappa shape index (κ3) is 4.36. The van der Waals surface area contributed by atoms with E-state index in [4.69, 9.17) is 0 Å². The van der Waals surface area contributed by atoms with Crippen LogP contribution >= 0.6 is 0 Å². The fourth-order valence-electron chi connectivity index (χ4n) is 2.85. The zero-order valence-electron chi connectivity index (χ0n) is 14.9. The van der Waals surface area contributed by atoms with E-state index in [1.54, 1.807) is 6.07 Å². The van der Waals surface area contributed by atoms with Crippen LogP contribution in [0.2, 0.25) is 0 Å². The Morgan fingerprint density at radius 2 is 2.12 bits per heavy atom. The summed E-state index contributed by atoms with van der Waals surface area (Å²) in [7, 11) is -3.39. The fraction of sp³-hybridized carbons (Fsp3) is 0.750. The second-order valence-corrected chi connectivity index (χ2v) is 9.39. The fourth-order valence-corrected chi connectivity index (χ4v) is 4.60. The van der Waals surface area contributed by atoms with Gasteiger partial charge in [0.15, 0.2) is 5.82 Å². The molecule has 136 valence electrons. The molecule has 2 N–H and O–H groups in total. The average molecular weight is 356 g/mol. The Morgan fingerprint density at radius 1 is 1.42 bits per heavy atom. The van der Waals surface area contributed by atoms with Gasteiger partial charge >= 0.3 is 0 Å². The molecule has 7 nitrogen and oxygen atoms in total. The lowest BCUT2D eigenvalue weighted by Crippen LogP contribution is -2.50. The lowest BCUT2D eigenvalue weighted by Gasteiger charge is -2.33. The Kier molecular flexibility index (Phi) is 5.70. The molecule has 1 aromatic rings. The van der Waals surface area contributed by atoms with Gasteiger partial charge in [-0.1, -0.05) is 34.1 Å². The van der Waals surface area contributed by atoms with E-state index in [0.717, 1.165) is 18.5 Å². The molecule has 8 heteroatoms. The van der Waals surface area contributed by atoms with E-state index in [-0.39, 0.29) is 17.1 Å². The number of amides is 1. The Labute approximate surface area is 144 Å². The molecule has 0 radical (unpaired) electrons. The van der Waals surface area contributed by atoms with Gasteiger partial charge in [-0.2, -0.15) is 9.40 Å². The van der Waals surface area contributed by atoms with Crippen LogP contribution in [0.4, 0.5) is 5.82 Å². The molecule has 1 aromatic heterocycles. The summed E-state index contributed by atoms with van der Waals surface area (Å²) in [6.45, 7) is 8.38. The zero-order valence-corrected chi connectivity index (χ0v) is 15.7. The highest BCUT2D eigenvalue weighted by Gasteiger charge is 2.36. The standard InChI is InChI=1S/C16H28N4O3S/c1-5-10-24(22,23)20-9-7-6-8-12(20)15(21)17-14-11-13(18-19-14)16(2,3)4/h11-12H,5-10H2,1-4H3,(H2,17,18,19,21). The molecule has 2 rings (SSSR count). The number of aromatic nitrogens is 2. The van der Waals surface area contributed by atoms with Crippen molar-refractivity contribution < 1.29 is 13.2 Å². The summed E-state index contributed by atoms with van der Waals surface area (Å²) in [5.74, 6) is 0.206. The Balaban J connectivity index is 2.13. The van der Waals surface area contributed by atoms with E-state index in [1.165, 1.54) is 4.31 Å². The van der Waals surface area contributed by atoms with Gasteiger partial charge in [0.25, 0.3) is 0 Å². The molecule has 0 saturated carbocycles. The summed E-state index contributed by atoms with van der Waals surface area (Å²) < 4.78 is 26.2. The number of anilines is 1. The summed E-state index contributed by atoms with van der Waals surface area (Å²) >= 11 is 0. The van der Waals surface area contributed by atoms with Crippen molar-refractivity contribution in [1.82, 2.24) is 14.5 Å². The van der Waals surface area contributed by atoms with Crippen molar-refractivity contribution in [3.05, 3.63) is 11.8 Å². The van der Waals surface area contributed by atoms with Crippen molar-refractivity contribution in [2.45, 2.75) is 64.8 Å². The molecule has 0 spiro atoms. The van der Waals surface area contributed by atoms with Gasteiger partial charge in [0.2, 0.25) is 15.9 Å². The van der Waals surface area contributed by atoms with Crippen LogP contribution in [-0.4, -0.2) is 47.2 Å². The molecule has 1 aliphatic rings. The highest BCUT2D eigenvalue weighted by Crippen LogP contribution is 2.24. The maximum atomic E-state index is 12.6. The van der Waals surface area contributed by atoms with Crippen LogP contribution in [0.15, 0.2) is 6.07 Å². The maximum absolute atomic E-state index is 12.6. The number of hydrogen-bond donors (Lipinski definition) is 2. The number of nitrogens with zero attached hydrogens (tertiary/aromatic N) is 2. The quantitative estimate of drug-likeness (QED) is 0.846. The van der Waals surface area contributed by atoms with E-state index >= 15 is 0 Å². The summed E-state index contributed by atoms with van der Waals surface area (Å²) in [5.41, 5.74) is 0.814. The Morgan fingerprint density at radius 3 is 2.71 bits per heavy atom. The van der Waals surface area contributed by atoms with Gasteiger partial charge in [0.05, 0.1) is 5.75 Å². The number of carbonyl (C=O) groups is 1. The van der Waals surface area contributed by atoms with E-state index in [2.05, 4.69) is 15.5 Å². The summed E-state index contributed by atoms with van der Waals surface area (Å²) in [5, 5.41) is 9.80. The molecule has 0 bridgehead atoms. The Hall–Kier alpha value is -1.41. The first-order valence-corrected chi connectivity index (χ1v) is 10.1. The molecule has 0 aliphatic carbocycles. The summed E-state index contributed by atoms with van der Waals surface area (Å²) in [6, 6.07) is 1.15. The van der Waals surface area contributed by atoms with Crippen molar-refractivity contribution >= 4 is 21.7 Å². The van der Waals surface area contributed by atoms with Crippen LogP contribution in [0.5, 0.6) is 0 Å². The molecular weight excluding hydrogens is 328 g/mol. The normalized spacial score (nSPS) is 20.1. The highest BCUT2D eigenvalue weighted by molar-refractivity contribution is 7.89. The van der Waals surface area contributed by atoms with Gasteiger partial charge < -0.3 is 5.32 Å². The third-order valence-corrected chi connectivity index (χ3v) is 6.29. The van der Waals surface area contributed by atoms with Crippen molar-refractivity contribution in [3.63, 3.8) is 0 Å². The molecule has 1 atom stereocenters. The van der Waals surface area contributed by atoms with Crippen molar-refractivity contribution in [2.24, 2.45) is 0 Å². The van der Waals surface area contributed by atoms with Crippen LogP contribution < -0.4 is 5.32 Å². The van der Waals surface area contributed by atoms with Crippen LogP contribution in [0.1, 0.15) is 59.1 Å². The minimum Gasteiger partial charge on any atom is -0.308 e. The second kappa shape index (κ2) is 7.23. The molecule has 24 heavy (non-hydrogen) atoms.